The highest BCUT2D eigenvalue weighted by Gasteiger charge is 2.54. The van der Waals surface area contributed by atoms with Gasteiger partial charge in [-0.2, -0.15) is 0 Å². The zero-order chi connectivity index (χ0) is 16.8. The minimum absolute atomic E-state index is 0.261. The van der Waals surface area contributed by atoms with Crippen LogP contribution in [0.2, 0.25) is 0 Å². The monoisotopic (exact) mass is 373 g/mol. The van der Waals surface area contributed by atoms with Crippen molar-refractivity contribution in [1.82, 2.24) is 0 Å². The Balaban J connectivity index is 2.10. The lowest BCUT2D eigenvalue weighted by atomic mass is 9.79. The van der Waals surface area contributed by atoms with Gasteiger partial charge in [-0.05, 0) is 18.2 Å². The lowest BCUT2D eigenvalue weighted by Crippen LogP contribution is -2.46. The van der Waals surface area contributed by atoms with Gasteiger partial charge in [0.15, 0.2) is 11.4 Å². The number of aliphatic hydroxyl groups is 1. The first-order valence-electron chi connectivity index (χ1n) is 7.27. The molecule has 3 rings (SSSR count). The summed E-state index contributed by atoms with van der Waals surface area (Å²) >= 11 is 3.36. The van der Waals surface area contributed by atoms with E-state index in [2.05, 4.69) is 15.9 Å². The molecule has 0 saturated heterocycles. The highest BCUT2D eigenvalue weighted by atomic mass is 79.9. The number of nitrogens with zero attached hydrogens (tertiary/aromatic N) is 1. The molecule has 0 aliphatic carbocycles. The van der Waals surface area contributed by atoms with Crippen LogP contribution < -0.4 is 4.90 Å². The smallest absolute Gasteiger partial charge is 0.264 e. The summed E-state index contributed by atoms with van der Waals surface area (Å²) in [7, 11) is 1.60. The standard InChI is InChI=1S/C18H16BrNO3/c1-11(16(21)12-6-4-3-5-7-12)18(23)14-10-13(19)8-9-15(14)20(2)17(18)22/h3-11,23H,1-2H3/t11-,18-/m0/s1. The summed E-state index contributed by atoms with van der Waals surface area (Å²) in [5.74, 6) is -1.64. The summed E-state index contributed by atoms with van der Waals surface area (Å²) in [4.78, 5) is 26.8. The molecule has 5 heteroatoms. The summed E-state index contributed by atoms with van der Waals surface area (Å²) < 4.78 is 0.747. The maximum atomic E-state index is 12.7. The lowest BCUT2D eigenvalue weighted by molar-refractivity contribution is -0.139. The second-order valence-electron chi connectivity index (χ2n) is 5.74. The van der Waals surface area contributed by atoms with Crippen LogP contribution in [-0.4, -0.2) is 23.8 Å². The van der Waals surface area contributed by atoms with Gasteiger partial charge in [0.25, 0.3) is 5.91 Å². The molecule has 1 N–H and O–H groups in total. The van der Waals surface area contributed by atoms with Gasteiger partial charge in [-0.3, -0.25) is 9.59 Å². The molecule has 4 nitrogen and oxygen atoms in total. The highest BCUT2D eigenvalue weighted by molar-refractivity contribution is 9.10. The Bertz CT molecular complexity index is 790. The number of carbonyl (C=O) groups excluding carboxylic acids is 2. The number of hydrogen-bond acceptors (Lipinski definition) is 3. The molecule has 1 aliphatic rings. The SMILES string of the molecule is C[C@@H](C(=O)c1ccccc1)[C@@]1(O)C(=O)N(C)c2ccc(Br)cc21. The van der Waals surface area contributed by atoms with Gasteiger partial charge in [-0.1, -0.05) is 53.2 Å². The number of Topliss-reactive ketones (excluding diaryl/α,β-unsaturated/α-hetero) is 1. The van der Waals surface area contributed by atoms with E-state index in [0.717, 1.165) is 4.47 Å². The molecule has 0 unspecified atom stereocenters. The second kappa shape index (κ2) is 5.58. The van der Waals surface area contributed by atoms with Crippen molar-refractivity contribution in [2.75, 3.05) is 11.9 Å². The van der Waals surface area contributed by atoms with Crippen LogP contribution in [0.4, 0.5) is 5.69 Å². The third-order valence-electron chi connectivity index (χ3n) is 4.44. The molecule has 0 radical (unpaired) electrons. The van der Waals surface area contributed by atoms with Crippen molar-refractivity contribution in [2.24, 2.45) is 5.92 Å². The Morgan fingerprint density at radius 3 is 2.52 bits per heavy atom. The quantitative estimate of drug-likeness (QED) is 0.840. The summed E-state index contributed by atoms with van der Waals surface area (Å²) in [6, 6.07) is 14.0. The van der Waals surface area contributed by atoms with Gasteiger partial charge >= 0.3 is 0 Å². The molecule has 2 atom stereocenters. The van der Waals surface area contributed by atoms with Crippen LogP contribution in [0.3, 0.4) is 0 Å². The van der Waals surface area contributed by atoms with Gasteiger partial charge < -0.3 is 10.0 Å². The lowest BCUT2D eigenvalue weighted by Gasteiger charge is -2.28. The topological polar surface area (TPSA) is 57.6 Å². The van der Waals surface area contributed by atoms with Crippen molar-refractivity contribution in [2.45, 2.75) is 12.5 Å². The molecule has 0 spiro atoms. The minimum Gasteiger partial charge on any atom is -0.375 e. The van der Waals surface area contributed by atoms with Crippen LogP contribution in [0.5, 0.6) is 0 Å². The zero-order valence-corrected chi connectivity index (χ0v) is 14.4. The number of amides is 1. The fourth-order valence-corrected chi connectivity index (χ4v) is 3.41. The number of likely N-dealkylation sites (N-methyl/N-ethyl adjacent to an activating group) is 1. The normalized spacial score (nSPS) is 21.2. The molecule has 0 fully saturated rings. The number of anilines is 1. The van der Waals surface area contributed by atoms with Crippen LogP contribution in [0, 0.1) is 5.92 Å². The molecule has 2 aromatic rings. The summed E-state index contributed by atoms with van der Waals surface area (Å²) in [5.41, 5.74) is -0.308. The maximum absolute atomic E-state index is 12.7. The molecule has 0 bridgehead atoms. The first-order chi connectivity index (χ1) is 10.9. The molecular formula is C18H16BrNO3. The highest BCUT2D eigenvalue weighted by Crippen LogP contribution is 2.45. The van der Waals surface area contributed by atoms with Crippen molar-refractivity contribution in [3.63, 3.8) is 0 Å². The molecular weight excluding hydrogens is 358 g/mol. The molecule has 0 aromatic heterocycles. The van der Waals surface area contributed by atoms with E-state index in [4.69, 9.17) is 0 Å². The second-order valence-corrected chi connectivity index (χ2v) is 6.66. The Morgan fingerprint density at radius 1 is 1.22 bits per heavy atom. The Labute approximate surface area is 142 Å². The number of ketones is 1. The largest absolute Gasteiger partial charge is 0.375 e. The van der Waals surface area contributed by atoms with Crippen molar-refractivity contribution >= 4 is 33.3 Å². The van der Waals surface area contributed by atoms with E-state index in [1.165, 1.54) is 4.90 Å². The number of hydrogen-bond donors (Lipinski definition) is 1. The maximum Gasteiger partial charge on any atom is 0.264 e. The Hall–Kier alpha value is -1.98. The van der Waals surface area contributed by atoms with Gasteiger partial charge in [0, 0.05) is 22.6 Å². The van der Waals surface area contributed by atoms with Gasteiger partial charge in [0.1, 0.15) is 0 Å². The zero-order valence-electron chi connectivity index (χ0n) is 12.8. The van der Waals surface area contributed by atoms with E-state index in [0.29, 0.717) is 16.8 Å². The third-order valence-corrected chi connectivity index (χ3v) is 4.93. The molecule has 23 heavy (non-hydrogen) atoms. The van der Waals surface area contributed by atoms with Crippen LogP contribution in [0.1, 0.15) is 22.8 Å². The number of benzene rings is 2. The first kappa shape index (κ1) is 15.9. The molecule has 118 valence electrons. The van der Waals surface area contributed by atoms with E-state index in [9.17, 15) is 14.7 Å². The Morgan fingerprint density at radius 2 is 1.87 bits per heavy atom. The molecule has 0 saturated carbocycles. The predicted molar refractivity (Wildman–Crippen MR) is 91.4 cm³/mol. The molecule has 1 aliphatic heterocycles. The van der Waals surface area contributed by atoms with Crippen LogP contribution in [-0.2, 0) is 10.4 Å². The van der Waals surface area contributed by atoms with Gasteiger partial charge in [0.05, 0.1) is 11.6 Å². The van der Waals surface area contributed by atoms with Crippen LogP contribution in [0.25, 0.3) is 0 Å². The first-order valence-corrected chi connectivity index (χ1v) is 8.06. The molecule has 1 amide bonds. The fraction of sp³-hybridized carbons (Fsp3) is 0.222. The third kappa shape index (κ3) is 2.31. The van der Waals surface area contributed by atoms with E-state index < -0.39 is 17.4 Å². The van der Waals surface area contributed by atoms with Gasteiger partial charge in [0.2, 0.25) is 0 Å². The number of fused-ring (bicyclic) bond motifs is 1. The van der Waals surface area contributed by atoms with E-state index >= 15 is 0 Å². The number of carbonyl (C=O) groups is 2. The van der Waals surface area contributed by atoms with Crippen molar-refractivity contribution in [3.05, 3.63) is 64.1 Å². The van der Waals surface area contributed by atoms with E-state index in [-0.39, 0.29) is 5.78 Å². The Kier molecular flexibility index (Phi) is 3.86. The van der Waals surface area contributed by atoms with Crippen molar-refractivity contribution in [3.8, 4) is 0 Å². The van der Waals surface area contributed by atoms with Crippen molar-refractivity contribution in [1.29, 1.82) is 0 Å². The minimum atomic E-state index is -1.86. The fourth-order valence-electron chi connectivity index (χ4n) is 3.05. The average molecular weight is 374 g/mol. The summed E-state index contributed by atoms with van der Waals surface area (Å²) in [6.45, 7) is 1.59. The molecule has 2 aromatic carbocycles. The van der Waals surface area contributed by atoms with Crippen molar-refractivity contribution < 1.29 is 14.7 Å². The summed E-state index contributed by atoms with van der Waals surface area (Å²) in [6.07, 6.45) is 0. The van der Waals surface area contributed by atoms with Crippen LogP contribution >= 0.6 is 15.9 Å². The summed E-state index contributed by atoms with van der Waals surface area (Å²) in [5, 5.41) is 11.2. The van der Waals surface area contributed by atoms with E-state index in [1.807, 2.05) is 6.07 Å². The number of halogens is 1. The van der Waals surface area contributed by atoms with Crippen LogP contribution in [0.15, 0.2) is 53.0 Å². The number of rotatable bonds is 3. The van der Waals surface area contributed by atoms with Gasteiger partial charge in [-0.25, -0.2) is 0 Å². The average Bonchev–Trinajstić information content (AvgIpc) is 2.76. The van der Waals surface area contributed by atoms with E-state index in [1.54, 1.807) is 56.4 Å². The predicted octanol–water partition coefficient (Wildman–Crippen LogP) is 3.13. The molecule has 1 heterocycles. The van der Waals surface area contributed by atoms with Gasteiger partial charge in [-0.15, -0.1) is 0 Å².